The van der Waals surface area contributed by atoms with Crippen LogP contribution in [0.25, 0.3) is 0 Å². The third-order valence-corrected chi connectivity index (χ3v) is 2.35. The Labute approximate surface area is 90.4 Å². The van der Waals surface area contributed by atoms with Gasteiger partial charge in [-0.2, -0.15) is 0 Å². The van der Waals surface area contributed by atoms with Gasteiger partial charge < -0.3 is 10.1 Å². The van der Waals surface area contributed by atoms with E-state index in [1.54, 1.807) is 6.07 Å². The molecule has 15 heavy (non-hydrogen) atoms. The second-order valence-electron chi connectivity index (χ2n) is 3.55. The van der Waals surface area contributed by atoms with Gasteiger partial charge in [0.05, 0.1) is 6.61 Å². The van der Waals surface area contributed by atoms with Gasteiger partial charge in [-0.1, -0.05) is 13.0 Å². The highest BCUT2D eigenvalue weighted by Crippen LogP contribution is 2.21. The third kappa shape index (κ3) is 3.20. The van der Waals surface area contributed by atoms with Gasteiger partial charge >= 0.3 is 0 Å². The van der Waals surface area contributed by atoms with Crippen molar-refractivity contribution in [1.82, 2.24) is 5.32 Å². The molecule has 0 radical (unpaired) electrons. The summed E-state index contributed by atoms with van der Waals surface area (Å²) in [6.45, 7) is 4.54. The Bertz CT molecular complexity index is 314. The number of ether oxygens (including phenoxy) is 1. The molecule has 1 N–H and O–H groups in total. The van der Waals surface area contributed by atoms with E-state index in [1.807, 2.05) is 27.0 Å². The van der Waals surface area contributed by atoms with Crippen LogP contribution in [0.5, 0.6) is 5.75 Å². The van der Waals surface area contributed by atoms with Crippen molar-refractivity contribution in [3.63, 3.8) is 0 Å². The molecule has 0 aromatic heterocycles. The normalized spacial score (nSPS) is 12.5. The van der Waals surface area contributed by atoms with Gasteiger partial charge in [0.2, 0.25) is 0 Å². The standard InChI is InChI=1S/C12H18FNO/c1-4-7-15-12-6-5-10(8-11(12)13)9(2)14-3/h5-6,8-9,14H,4,7H2,1-3H3. The summed E-state index contributed by atoms with van der Waals surface area (Å²) in [6.07, 6.45) is 0.883. The van der Waals surface area contributed by atoms with E-state index in [4.69, 9.17) is 4.74 Å². The largest absolute Gasteiger partial charge is 0.491 e. The zero-order chi connectivity index (χ0) is 11.3. The lowest BCUT2D eigenvalue weighted by Crippen LogP contribution is -2.12. The molecule has 84 valence electrons. The summed E-state index contributed by atoms with van der Waals surface area (Å²) in [4.78, 5) is 0. The van der Waals surface area contributed by atoms with Crippen LogP contribution < -0.4 is 10.1 Å². The fourth-order valence-electron chi connectivity index (χ4n) is 1.28. The van der Waals surface area contributed by atoms with Gasteiger partial charge in [-0.15, -0.1) is 0 Å². The average molecular weight is 211 g/mol. The van der Waals surface area contributed by atoms with E-state index in [9.17, 15) is 4.39 Å². The van der Waals surface area contributed by atoms with Crippen LogP contribution in [0.1, 0.15) is 31.9 Å². The highest BCUT2D eigenvalue weighted by atomic mass is 19.1. The Morgan fingerprint density at radius 1 is 1.47 bits per heavy atom. The van der Waals surface area contributed by atoms with Gasteiger partial charge in [0.15, 0.2) is 11.6 Å². The molecule has 3 heteroatoms. The molecule has 0 aliphatic rings. The minimum Gasteiger partial charge on any atom is -0.491 e. The maximum absolute atomic E-state index is 13.5. The summed E-state index contributed by atoms with van der Waals surface area (Å²) < 4.78 is 18.8. The van der Waals surface area contributed by atoms with Crippen LogP contribution in [0.2, 0.25) is 0 Å². The molecule has 1 atom stereocenters. The van der Waals surface area contributed by atoms with Crippen molar-refractivity contribution in [3.8, 4) is 5.75 Å². The smallest absolute Gasteiger partial charge is 0.165 e. The summed E-state index contributed by atoms with van der Waals surface area (Å²) >= 11 is 0. The summed E-state index contributed by atoms with van der Waals surface area (Å²) in [5.41, 5.74) is 0.929. The van der Waals surface area contributed by atoms with E-state index in [2.05, 4.69) is 5.32 Å². The van der Waals surface area contributed by atoms with Crippen LogP contribution in [0, 0.1) is 5.82 Å². The molecule has 1 aromatic rings. The molecule has 0 fully saturated rings. The van der Waals surface area contributed by atoms with Crippen molar-refractivity contribution in [3.05, 3.63) is 29.6 Å². The number of hydrogen-bond donors (Lipinski definition) is 1. The van der Waals surface area contributed by atoms with E-state index in [1.165, 1.54) is 6.07 Å². The summed E-state index contributed by atoms with van der Waals surface area (Å²) in [5, 5.41) is 3.06. The summed E-state index contributed by atoms with van der Waals surface area (Å²) in [7, 11) is 1.85. The van der Waals surface area contributed by atoms with Crippen LogP contribution in [0.4, 0.5) is 4.39 Å². The van der Waals surface area contributed by atoms with E-state index in [0.717, 1.165) is 12.0 Å². The van der Waals surface area contributed by atoms with E-state index in [0.29, 0.717) is 12.4 Å². The molecule has 1 unspecified atom stereocenters. The molecular weight excluding hydrogens is 193 g/mol. The van der Waals surface area contributed by atoms with Crippen molar-refractivity contribution in [1.29, 1.82) is 0 Å². The van der Waals surface area contributed by atoms with Crippen molar-refractivity contribution in [2.24, 2.45) is 0 Å². The minimum atomic E-state index is -0.289. The van der Waals surface area contributed by atoms with Crippen LogP contribution in [-0.2, 0) is 0 Å². The van der Waals surface area contributed by atoms with Crippen molar-refractivity contribution >= 4 is 0 Å². The van der Waals surface area contributed by atoms with Gasteiger partial charge in [0.25, 0.3) is 0 Å². The monoisotopic (exact) mass is 211 g/mol. The van der Waals surface area contributed by atoms with E-state index in [-0.39, 0.29) is 11.9 Å². The van der Waals surface area contributed by atoms with Crippen molar-refractivity contribution in [2.45, 2.75) is 26.3 Å². The highest BCUT2D eigenvalue weighted by molar-refractivity contribution is 5.30. The fraction of sp³-hybridized carbons (Fsp3) is 0.500. The molecule has 0 saturated heterocycles. The molecule has 2 nitrogen and oxygen atoms in total. The molecule has 0 heterocycles. The van der Waals surface area contributed by atoms with Crippen LogP contribution in [0.3, 0.4) is 0 Å². The van der Waals surface area contributed by atoms with E-state index < -0.39 is 0 Å². The first kappa shape index (κ1) is 12.0. The molecule has 1 rings (SSSR count). The maximum atomic E-state index is 13.5. The fourth-order valence-corrected chi connectivity index (χ4v) is 1.28. The van der Waals surface area contributed by atoms with E-state index >= 15 is 0 Å². The molecular formula is C12H18FNO. The quantitative estimate of drug-likeness (QED) is 0.808. The molecule has 0 aliphatic heterocycles. The van der Waals surface area contributed by atoms with Gasteiger partial charge in [0, 0.05) is 6.04 Å². The highest BCUT2D eigenvalue weighted by Gasteiger charge is 2.07. The van der Waals surface area contributed by atoms with Gasteiger partial charge in [-0.3, -0.25) is 0 Å². The topological polar surface area (TPSA) is 21.3 Å². The Hall–Kier alpha value is -1.09. The number of nitrogens with one attached hydrogen (secondary N) is 1. The first-order chi connectivity index (χ1) is 7.19. The van der Waals surface area contributed by atoms with Crippen LogP contribution in [0.15, 0.2) is 18.2 Å². The van der Waals surface area contributed by atoms with Crippen LogP contribution >= 0.6 is 0 Å². The molecule has 0 saturated carbocycles. The summed E-state index contributed by atoms with van der Waals surface area (Å²) in [5.74, 6) is 0.0481. The molecule has 0 amide bonds. The second kappa shape index (κ2) is 5.71. The Morgan fingerprint density at radius 2 is 2.20 bits per heavy atom. The molecule has 1 aromatic carbocycles. The number of benzene rings is 1. The first-order valence-corrected chi connectivity index (χ1v) is 5.28. The van der Waals surface area contributed by atoms with Gasteiger partial charge in [-0.25, -0.2) is 4.39 Å². The molecule has 0 spiro atoms. The second-order valence-corrected chi connectivity index (χ2v) is 3.55. The van der Waals surface area contributed by atoms with Crippen LogP contribution in [-0.4, -0.2) is 13.7 Å². The zero-order valence-corrected chi connectivity index (χ0v) is 9.51. The lowest BCUT2D eigenvalue weighted by Gasteiger charge is -2.12. The number of hydrogen-bond acceptors (Lipinski definition) is 2. The lowest BCUT2D eigenvalue weighted by molar-refractivity contribution is 0.301. The predicted molar refractivity (Wildman–Crippen MR) is 59.7 cm³/mol. The minimum absolute atomic E-state index is 0.153. The van der Waals surface area contributed by atoms with Gasteiger partial charge in [0.1, 0.15) is 0 Å². The molecule has 0 bridgehead atoms. The SMILES string of the molecule is CCCOc1ccc(C(C)NC)cc1F. The Kier molecular flexibility index (Phi) is 4.56. The average Bonchev–Trinajstić information content (AvgIpc) is 2.26. The molecule has 0 aliphatic carbocycles. The number of halogens is 1. The number of rotatable bonds is 5. The van der Waals surface area contributed by atoms with Crippen molar-refractivity contribution < 1.29 is 9.13 Å². The summed E-state index contributed by atoms with van der Waals surface area (Å²) in [6, 6.07) is 5.25. The first-order valence-electron chi connectivity index (χ1n) is 5.28. The lowest BCUT2D eigenvalue weighted by atomic mass is 10.1. The zero-order valence-electron chi connectivity index (χ0n) is 9.51. The maximum Gasteiger partial charge on any atom is 0.165 e. The Balaban J connectivity index is 2.78. The predicted octanol–water partition coefficient (Wildman–Crippen LogP) is 2.89. The third-order valence-electron chi connectivity index (χ3n) is 2.35. The Morgan fingerprint density at radius 3 is 2.73 bits per heavy atom. The van der Waals surface area contributed by atoms with Gasteiger partial charge in [-0.05, 0) is 38.1 Å². The van der Waals surface area contributed by atoms with Crippen molar-refractivity contribution in [2.75, 3.05) is 13.7 Å².